The number of hydrogen-bond donors (Lipinski definition) is 2. The number of carboxylic acid groups (broad SMARTS) is 1. The van der Waals surface area contributed by atoms with E-state index in [9.17, 15) is 9.59 Å². The molecule has 2 N–H and O–H groups in total. The molecule has 1 saturated heterocycles. The van der Waals surface area contributed by atoms with Gasteiger partial charge in [-0.05, 0) is 0 Å². The Hall–Kier alpha value is -1.30. The molecule has 0 bridgehead atoms. The summed E-state index contributed by atoms with van der Waals surface area (Å²) >= 11 is 0. The summed E-state index contributed by atoms with van der Waals surface area (Å²) in [5.74, 6) is -0.181. The molecule has 1 unspecified atom stereocenters. The molecule has 1 aliphatic rings. The summed E-state index contributed by atoms with van der Waals surface area (Å²) in [5.41, 5.74) is 0. The molecule has 6 heteroatoms. The summed E-state index contributed by atoms with van der Waals surface area (Å²) in [6.45, 7) is 1.35. The highest BCUT2D eigenvalue weighted by Crippen LogP contribution is 2.05. The Morgan fingerprint density at radius 1 is 1.50 bits per heavy atom. The Kier molecular flexibility index (Phi) is 3.29. The second-order valence-corrected chi connectivity index (χ2v) is 3.43. The number of piperazine rings is 1. The molecule has 2 amide bonds. The Morgan fingerprint density at radius 3 is 2.64 bits per heavy atom. The Bertz CT molecular complexity index is 242. The minimum Gasteiger partial charge on any atom is -0.465 e. The van der Waals surface area contributed by atoms with E-state index in [1.807, 2.05) is 0 Å². The lowest BCUT2D eigenvalue weighted by molar-refractivity contribution is -0.134. The fraction of sp³-hybridized carbons (Fsp3) is 0.750. The molecule has 1 heterocycles. The fourth-order valence-corrected chi connectivity index (χ4v) is 1.45. The molecular formula is C8H15N3O3. The minimum atomic E-state index is -1.04. The van der Waals surface area contributed by atoms with Crippen molar-refractivity contribution < 1.29 is 14.7 Å². The largest absolute Gasteiger partial charge is 0.465 e. The maximum atomic E-state index is 11.6. The van der Waals surface area contributed by atoms with Gasteiger partial charge in [0, 0.05) is 33.7 Å². The van der Waals surface area contributed by atoms with Crippen LogP contribution in [0.25, 0.3) is 0 Å². The Morgan fingerprint density at radius 2 is 2.14 bits per heavy atom. The molecule has 0 radical (unpaired) electrons. The second kappa shape index (κ2) is 4.28. The van der Waals surface area contributed by atoms with Gasteiger partial charge in [-0.25, -0.2) is 4.79 Å². The number of nitrogens with zero attached hydrogens (tertiary/aromatic N) is 2. The molecule has 1 fully saturated rings. The zero-order chi connectivity index (χ0) is 10.7. The zero-order valence-electron chi connectivity index (χ0n) is 8.36. The van der Waals surface area contributed by atoms with E-state index in [1.54, 1.807) is 14.1 Å². The molecule has 1 rings (SSSR count). The summed E-state index contributed by atoms with van der Waals surface area (Å²) in [6, 6.07) is -0.587. The molecule has 0 aromatic heterocycles. The predicted molar refractivity (Wildman–Crippen MR) is 50.1 cm³/mol. The lowest BCUT2D eigenvalue weighted by Crippen LogP contribution is -2.59. The van der Waals surface area contributed by atoms with Crippen LogP contribution in [0, 0.1) is 0 Å². The molecule has 0 saturated carbocycles. The summed E-state index contributed by atoms with van der Waals surface area (Å²) in [4.78, 5) is 25.0. The van der Waals surface area contributed by atoms with E-state index < -0.39 is 12.1 Å². The average Bonchev–Trinajstić information content (AvgIpc) is 2.16. The molecule has 1 aliphatic heterocycles. The van der Waals surface area contributed by atoms with Crippen molar-refractivity contribution in [1.82, 2.24) is 15.1 Å². The highest BCUT2D eigenvalue weighted by atomic mass is 16.4. The first kappa shape index (κ1) is 10.8. The summed E-state index contributed by atoms with van der Waals surface area (Å²) in [7, 11) is 3.24. The Labute approximate surface area is 82.5 Å². The van der Waals surface area contributed by atoms with Crippen LogP contribution in [0.1, 0.15) is 0 Å². The van der Waals surface area contributed by atoms with Gasteiger partial charge < -0.3 is 15.3 Å². The summed E-state index contributed by atoms with van der Waals surface area (Å²) in [5, 5.41) is 11.9. The summed E-state index contributed by atoms with van der Waals surface area (Å²) < 4.78 is 0. The van der Waals surface area contributed by atoms with Crippen LogP contribution < -0.4 is 5.32 Å². The van der Waals surface area contributed by atoms with Crippen molar-refractivity contribution in [3.05, 3.63) is 0 Å². The molecule has 0 aliphatic carbocycles. The van der Waals surface area contributed by atoms with Crippen molar-refractivity contribution in [1.29, 1.82) is 0 Å². The highest BCUT2D eigenvalue weighted by Gasteiger charge is 2.32. The van der Waals surface area contributed by atoms with Crippen molar-refractivity contribution in [2.24, 2.45) is 0 Å². The van der Waals surface area contributed by atoms with Gasteiger partial charge in [-0.1, -0.05) is 0 Å². The van der Waals surface area contributed by atoms with Crippen LogP contribution in [0.15, 0.2) is 0 Å². The van der Waals surface area contributed by atoms with Crippen LogP contribution in [0.5, 0.6) is 0 Å². The van der Waals surface area contributed by atoms with Gasteiger partial charge in [0.05, 0.1) is 0 Å². The molecule has 14 heavy (non-hydrogen) atoms. The number of hydrogen-bond acceptors (Lipinski definition) is 3. The van der Waals surface area contributed by atoms with Crippen molar-refractivity contribution in [3.63, 3.8) is 0 Å². The highest BCUT2D eigenvalue weighted by molar-refractivity contribution is 5.85. The minimum absolute atomic E-state index is 0.181. The topological polar surface area (TPSA) is 72.9 Å². The van der Waals surface area contributed by atoms with Gasteiger partial charge in [-0.15, -0.1) is 0 Å². The summed E-state index contributed by atoms with van der Waals surface area (Å²) in [6.07, 6.45) is -1.04. The third-order valence-corrected chi connectivity index (χ3v) is 2.21. The normalized spacial score (nSPS) is 21.9. The van der Waals surface area contributed by atoms with E-state index in [4.69, 9.17) is 5.11 Å². The number of amides is 2. The third-order valence-electron chi connectivity index (χ3n) is 2.21. The van der Waals surface area contributed by atoms with E-state index in [0.29, 0.717) is 19.6 Å². The number of carbonyl (C=O) groups excluding carboxylic acids is 1. The van der Waals surface area contributed by atoms with Gasteiger partial charge in [0.2, 0.25) is 5.91 Å². The number of nitrogens with one attached hydrogen (secondary N) is 1. The van der Waals surface area contributed by atoms with Crippen molar-refractivity contribution in [3.8, 4) is 0 Å². The van der Waals surface area contributed by atoms with Crippen LogP contribution in [-0.4, -0.2) is 66.7 Å². The molecule has 0 aromatic carbocycles. The maximum Gasteiger partial charge on any atom is 0.408 e. The first-order valence-electron chi connectivity index (χ1n) is 4.45. The van der Waals surface area contributed by atoms with Crippen molar-refractivity contribution in [2.45, 2.75) is 6.04 Å². The van der Waals surface area contributed by atoms with Crippen LogP contribution in [0.4, 0.5) is 4.79 Å². The lowest BCUT2D eigenvalue weighted by atomic mass is 10.2. The fourth-order valence-electron chi connectivity index (χ4n) is 1.45. The standard InChI is InChI=1S/C8H15N3O3/c1-10(2)7(12)6-5-9-3-4-11(6)8(13)14/h6,9H,3-5H2,1-2H3,(H,13,14). The van der Waals surface area contributed by atoms with Gasteiger partial charge >= 0.3 is 6.09 Å². The molecule has 80 valence electrons. The quantitative estimate of drug-likeness (QED) is 0.572. The van der Waals surface area contributed by atoms with E-state index in [-0.39, 0.29) is 5.91 Å². The van der Waals surface area contributed by atoms with E-state index in [2.05, 4.69) is 5.32 Å². The lowest BCUT2D eigenvalue weighted by Gasteiger charge is -2.34. The van der Waals surface area contributed by atoms with E-state index in [0.717, 1.165) is 0 Å². The Balaban J connectivity index is 2.72. The SMILES string of the molecule is CN(C)C(=O)C1CNCCN1C(=O)O. The monoisotopic (exact) mass is 201 g/mol. The van der Waals surface area contributed by atoms with Gasteiger partial charge in [0.1, 0.15) is 6.04 Å². The number of carbonyl (C=O) groups is 2. The number of likely N-dealkylation sites (N-methyl/N-ethyl adjacent to an activating group) is 1. The average molecular weight is 201 g/mol. The third kappa shape index (κ3) is 2.14. The molecule has 1 atom stereocenters. The molecular weight excluding hydrogens is 186 g/mol. The smallest absolute Gasteiger partial charge is 0.408 e. The predicted octanol–water partition coefficient (Wildman–Crippen LogP) is -0.974. The maximum absolute atomic E-state index is 11.6. The number of rotatable bonds is 1. The second-order valence-electron chi connectivity index (χ2n) is 3.43. The van der Waals surface area contributed by atoms with Gasteiger partial charge in [-0.3, -0.25) is 9.69 Å². The van der Waals surface area contributed by atoms with Gasteiger partial charge in [0.25, 0.3) is 0 Å². The molecule has 6 nitrogen and oxygen atoms in total. The van der Waals surface area contributed by atoms with Gasteiger partial charge in [0.15, 0.2) is 0 Å². The van der Waals surface area contributed by atoms with Crippen LogP contribution >= 0.6 is 0 Å². The van der Waals surface area contributed by atoms with Crippen LogP contribution in [0.3, 0.4) is 0 Å². The van der Waals surface area contributed by atoms with Crippen LogP contribution in [-0.2, 0) is 4.79 Å². The van der Waals surface area contributed by atoms with Crippen molar-refractivity contribution in [2.75, 3.05) is 33.7 Å². The van der Waals surface area contributed by atoms with Gasteiger partial charge in [-0.2, -0.15) is 0 Å². The molecule has 0 aromatic rings. The zero-order valence-corrected chi connectivity index (χ0v) is 8.36. The first-order valence-corrected chi connectivity index (χ1v) is 4.45. The van der Waals surface area contributed by atoms with E-state index in [1.165, 1.54) is 9.80 Å². The molecule has 0 spiro atoms. The van der Waals surface area contributed by atoms with Crippen LogP contribution in [0.2, 0.25) is 0 Å². The first-order chi connectivity index (χ1) is 6.54. The van der Waals surface area contributed by atoms with Crippen molar-refractivity contribution >= 4 is 12.0 Å². The van der Waals surface area contributed by atoms with E-state index >= 15 is 0 Å².